The average molecular weight is 184 g/mol. The van der Waals surface area contributed by atoms with Crippen LogP contribution in [-0.2, 0) is 14.3 Å². The van der Waals surface area contributed by atoms with E-state index in [4.69, 9.17) is 9.47 Å². The summed E-state index contributed by atoms with van der Waals surface area (Å²) in [6, 6.07) is 0. The second-order valence-corrected chi connectivity index (χ2v) is 3.35. The fourth-order valence-electron chi connectivity index (χ4n) is 1.61. The van der Waals surface area contributed by atoms with Crippen LogP contribution in [0.4, 0.5) is 0 Å². The number of allylic oxidation sites excluding steroid dienone is 2. The molecule has 74 valence electrons. The first-order chi connectivity index (χ1) is 6.19. The minimum absolute atomic E-state index is 0.172. The number of hydrogen-bond acceptors (Lipinski definition) is 3. The van der Waals surface area contributed by atoms with E-state index in [0.717, 1.165) is 12.0 Å². The summed E-state index contributed by atoms with van der Waals surface area (Å²) in [5, 5.41) is 0. The van der Waals surface area contributed by atoms with Crippen LogP contribution in [0.5, 0.6) is 0 Å². The van der Waals surface area contributed by atoms with Gasteiger partial charge in [-0.3, -0.25) is 4.79 Å². The van der Waals surface area contributed by atoms with Gasteiger partial charge in [-0.05, 0) is 18.9 Å². The summed E-state index contributed by atoms with van der Waals surface area (Å²) in [6.45, 7) is 1.85. The fourth-order valence-corrected chi connectivity index (χ4v) is 1.61. The Labute approximate surface area is 78.7 Å². The van der Waals surface area contributed by atoms with Gasteiger partial charge in [-0.15, -0.1) is 0 Å². The van der Waals surface area contributed by atoms with Crippen molar-refractivity contribution in [2.45, 2.75) is 26.1 Å². The molecule has 1 aliphatic carbocycles. The molecule has 0 aromatic carbocycles. The molecule has 13 heavy (non-hydrogen) atoms. The molecular weight excluding hydrogens is 168 g/mol. The van der Waals surface area contributed by atoms with Crippen LogP contribution in [0.1, 0.15) is 19.8 Å². The molecule has 0 radical (unpaired) electrons. The molecule has 0 amide bonds. The molecule has 0 N–H and O–H groups in total. The van der Waals surface area contributed by atoms with E-state index in [2.05, 4.69) is 0 Å². The SMILES string of the molecule is COC(OC)C1CC=C(C)C(=O)C1. The molecule has 0 saturated carbocycles. The third-order valence-electron chi connectivity index (χ3n) is 2.46. The van der Waals surface area contributed by atoms with Gasteiger partial charge in [0.15, 0.2) is 12.1 Å². The van der Waals surface area contributed by atoms with E-state index in [9.17, 15) is 4.79 Å². The standard InChI is InChI=1S/C10H16O3/c1-7-4-5-8(6-9(7)11)10(12-2)13-3/h4,8,10H,5-6H2,1-3H3. The topological polar surface area (TPSA) is 35.5 Å². The molecule has 0 aliphatic heterocycles. The third kappa shape index (κ3) is 2.39. The number of methoxy groups -OCH3 is 2. The molecule has 0 spiro atoms. The Morgan fingerprint density at radius 1 is 1.46 bits per heavy atom. The highest BCUT2D eigenvalue weighted by Gasteiger charge is 2.26. The van der Waals surface area contributed by atoms with Gasteiger partial charge in [-0.2, -0.15) is 0 Å². The second-order valence-electron chi connectivity index (χ2n) is 3.35. The molecule has 0 aromatic rings. The van der Waals surface area contributed by atoms with Crippen LogP contribution in [0, 0.1) is 5.92 Å². The van der Waals surface area contributed by atoms with Gasteiger partial charge in [-0.1, -0.05) is 6.08 Å². The first kappa shape index (κ1) is 10.4. The highest BCUT2D eigenvalue weighted by Crippen LogP contribution is 2.25. The van der Waals surface area contributed by atoms with Gasteiger partial charge in [0.1, 0.15) is 0 Å². The van der Waals surface area contributed by atoms with Crippen molar-refractivity contribution >= 4 is 5.78 Å². The van der Waals surface area contributed by atoms with E-state index >= 15 is 0 Å². The maximum absolute atomic E-state index is 11.4. The number of carbonyl (C=O) groups is 1. The van der Waals surface area contributed by atoms with Crippen LogP contribution in [-0.4, -0.2) is 26.3 Å². The zero-order valence-corrected chi connectivity index (χ0v) is 8.37. The minimum atomic E-state index is -0.256. The summed E-state index contributed by atoms with van der Waals surface area (Å²) in [7, 11) is 3.20. The number of Topliss-reactive ketones (excluding diaryl/α,β-unsaturated/α-hetero) is 1. The largest absolute Gasteiger partial charge is 0.356 e. The highest BCUT2D eigenvalue weighted by atomic mass is 16.7. The molecule has 1 aliphatic rings. The van der Waals surface area contributed by atoms with Crippen LogP contribution in [0.15, 0.2) is 11.6 Å². The normalized spacial score (nSPS) is 23.5. The Bertz CT molecular complexity index is 216. The lowest BCUT2D eigenvalue weighted by Gasteiger charge is -2.25. The molecular formula is C10H16O3. The van der Waals surface area contributed by atoms with E-state index in [1.807, 2.05) is 13.0 Å². The van der Waals surface area contributed by atoms with Crippen molar-refractivity contribution in [2.75, 3.05) is 14.2 Å². The monoisotopic (exact) mass is 184 g/mol. The Hall–Kier alpha value is -0.670. The van der Waals surface area contributed by atoms with E-state index < -0.39 is 0 Å². The van der Waals surface area contributed by atoms with Crippen molar-refractivity contribution < 1.29 is 14.3 Å². The molecule has 3 nitrogen and oxygen atoms in total. The average Bonchev–Trinajstić information content (AvgIpc) is 2.13. The van der Waals surface area contributed by atoms with Gasteiger partial charge in [-0.25, -0.2) is 0 Å². The summed E-state index contributed by atoms with van der Waals surface area (Å²) in [5.74, 6) is 0.376. The van der Waals surface area contributed by atoms with Crippen molar-refractivity contribution in [3.8, 4) is 0 Å². The van der Waals surface area contributed by atoms with E-state index in [1.165, 1.54) is 0 Å². The maximum Gasteiger partial charge on any atom is 0.160 e. The number of ketones is 1. The molecule has 0 aromatic heterocycles. The Morgan fingerprint density at radius 3 is 2.54 bits per heavy atom. The summed E-state index contributed by atoms with van der Waals surface area (Å²) < 4.78 is 10.2. The van der Waals surface area contributed by atoms with Crippen LogP contribution in [0.3, 0.4) is 0 Å². The number of carbonyl (C=O) groups excluding carboxylic acids is 1. The van der Waals surface area contributed by atoms with Crippen molar-refractivity contribution in [1.29, 1.82) is 0 Å². The lowest BCUT2D eigenvalue weighted by atomic mass is 9.89. The molecule has 0 saturated heterocycles. The molecule has 3 heteroatoms. The van der Waals surface area contributed by atoms with Crippen LogP contribution in [0.25, 0.3) is 0 Å². The maximum atomic E-state index is 11.4. The van der Waals surface area contributed by atoms with E-state index in [0.29, 0.717) is 6.42 Å². The van der Waals surface area contributed by atoms with Gasteiger partial charge in [0.25, 0.3) is 0 Å². The van der Waals surface area contributed by atoms with Crippen LogP contribution in [0.2, 0.25) is 0 Å². The summed E-state index contributed by atoms with van der Waals surface area (Å²) in [6.07, 6.45) is 3.11. The molecule has 0 heterocycles. The lowest BCUT2D eigenvalue weighted by Crippen LogP contribution is -2.29. The van der Waals surface area contributed by atoms with Gasteiger partial charge in [0.05, 0.1) is 0 Å². The van der Waals surface area contributed by atoms with Crippen LogP contribution >= 0.6 is 0 Å². The quantitative estimate of drug-likeness (QED) is 0.624. The molecule has 1 unspecified atom stereocenters. The van der Waals surface area contributed by atoms with Crippen molar-refractivity contribution in [2.24, 2.45) is 5.92 Å². The predicted molar refractivity (Wildman–Crippen MR) is 49.3 cm³/mol. The lowest BCUT2D eigenvalue weighted by molar-refractivity contribution is -0.145. The van der Waals surface area contributed by atoms with Gasteiger partial charge < -0.3 is 9.47 Å². The summed E-state index contributed by atoms with van der Waals surface area (Å²) >= 11 is 0. The number of ether oxygens (including phenoxy) is 2. The fraction of sp³-hybridized carbons (Fsp3) is 0.700. The predicted octanol–water partition coefficient (Wildman–Crippen LogP) is 1.53. The Morgan fingerprint density at radius 2 is 2.08 bits per heavy atom. The van der Waals surface area contributed by atoms with Crippen LogP contribution < -0.4 is 0 Å². The summed E-state index contributed by atoms with van der Waals surface area (Å²) in [4.78, 5) is 11.4. The summed E-state index contributed by atoms with van der Waals surface area (Å²) in [5.41, 5.74) is 0.863. The number of rotatable bonds is 3. The van der Waals surface area contributed by atoms with E-state index in [-0.39, 0.29) is 18.0 Å². The van der Waals surface area contributed by atoms with Crippen molar-refractivity contribution in [3.05, 3.63) is 11.6 Å². The van der Waals surface area contributed by atoms with Gasteiger partial charge >= 0.3 is 0 Å². The minimum Gasteiger partial charge on any atom is -0.356 e. The number of hydrogen-bond donors (Lipinski definition) is 0. The molecule has 0 bridgehead atoms. The first-order valence-corrected chi connectivity index (χ1v) is 4.44. The Balaban J connectivity index is 2.60. The first-order valence-electron chi connectivity index (χ1n) is 4.44. The van der Waals surface area contributed by atoms with Crippen molar-refractivity contribution in [3.63, 3.8) is 0 Å². The third-order valence-corrected chi connectivity index (χ3v) is 2.46. The zero-order valence-electron chi connectivity index (χ0n) is 8.37. The molecule has 1 atom stereocenters. The van der Waals surface area contributed by atoms with Gasteiger partial charge in [0, 0.05) is 26.6 Å². The van der Waals surface area contributed by atoms with E-state index in [1.54, 1.807) is 14.2 Å². The highest BCUT2D eigenvalue weighted by molar-refractivity contribution is 5.95. The molecule has 0 fully saturated rings. The second kappa shape index (κ2) is 4.53. The van der Waals surface area contributed by atoms with Crippen molar-refractivity contribution in [1.82, 2.24) is 0 Å². The Kier molecular flexibility index (Phi) is 3.63. The zero-order chi connectivity index (χ0) is 9.84. The van der Waals surface area contributed by atoms with Gasteiger partial charge in [0.2, 0.25) is 0 Å². The smallest absolute Gasteiger partial charge is 0.160 e. The molecule has 1 rings (SSSR count).